The molecule has 2 amide bonds. The van der Waals surface area contributed by atoms with Gasteiger partial charge in [0.15, 0.2) is 0 Å². The van der Waals surface area contributed by atoms with Gasteiger partial charge in [0.25, 0.3) is 5.91 Å². The second-order valence-electron chi connectivity index (χ2n) is 5.91. The number of rotatable bonds is 4. The SMILES string of the molecule is CNC(=O)C1(c2ccc(NC(=O)c3ccccc3)cc2)CCC1. The number of likely N-dealkylation sites (N-methyl/N-ethyl adjacent to an activating group) is 1. The van der Waals surface area contributed by atoms with Crippen molar-refractivity contribution in [2.75, 3.05) is 12.4 Å². The largest absolute Gasteiger partial charge is 0.358 e. The van der Waals surface area contributed by atoms with Crippen molar-refractivity contribution < 1.29 is 9.59 Å². The first-order valence-corrected chi connectivity index (χ1v) is 7.85. The highest BCUT2D eigenvalue weighted by atomic mass is 16.2. The maximum absolute atomic E-state index is 12.2. The smallest absolute Gasteiger partial charge is 0.255 e. The molecule has 0 bridgehead atoms. The average molecular weight is 308 g/mol. The summed E-state index contributed by atoms with van der Waals surface area (Å²) in [6, 6.07) is 16.7. The summed E-state index contributed by atoms with van der Waals surface area (Å²) in [5, 5.41) is 5.64. The van der Waals surface area contributed by atoms with E-state index in [1.807, 2.05) is 42.5 Å². The van der Waals surface area contributed by atoms with Gasteiger partial charge in [0.2, 0.25) is 5.91 Å². The summed E-state index contributed by atoms with van der Waals surface area (Å²) >= 11 is 0. The fourth-order valence-electron chi connectivity index (χ4n) is 3.08. The number of benzene rings is 2. The summed E-state index contributed by atoms with van der Waals surface area (Å²) in [5.41, 5.74) is 1.98. The van der Waals surface area contributed by atoms with Crippen molar-refractivity contribution >= 4 is 17.5 Å². The first kappa shape index (κ1) is 15.3. The molecular weight excluding hydrogens is 288 g/mol. The number of hydrogen-bond donors (Lipinski definition) is 2. The summed E-state index contributed by atoms with van der Waals surface area (Å²) in [4.78, 5) is 24.3. The molecule has 4 heteroatoms. The van der Waals surface area contributed by atoms with Crippen LogP contribution in [0.5, 0.6) is 0 Å². The van der Waals surface area contributed by atoms with Crippen molar-refractivity contribution in [2.24, 2.45) is 0 Å². The van der Waals surface area contributed by atoms with Crippen LogP contribution in [0, 0.1) is 0 Å². The molecule has 118 valence electrons. The number of anilines is 1. The van der Waals surface area contributed by atoms with Crippen molar-refractivity contribution in [2.45, 2.75) is 24.7 Å². The molecule has 3 rings (SSSR count). The Hall–Kier alpha value is -2.62. The molecule has 1 fully saturated rings. The highest BCUT2D eigenvalue weighted by Gasteiger charge is 2.44. The molecule has 0 radical (unpaired) electrons. The van der Waals surface area contributed by atoms with E-state index in [4.69, 9.17) is 0 Å². The predicted molar refractivity (Wildman–Crippen MR) is 90.4 cm³/mol. The Morgan fingerprint density at radius 3 is 2.13 bits per heavy atom. The van der Waals surface area contributed by atoms with Crippen LogP contribution in [-0.4, -0.2) is 18.9 Å². The minimum Gasteiger partial charge on any atom is -0.358 e. The normalized spacial score (nSPS) is 15.3. The lowest BCUT2D eigenvalue weighted by atomic mass is 9.64. The Labute approximate surface area is 135 Å². The van der Waals surface area contributed by atoms with Gasteiger partial charge in [-0.1, -0.05) is 36.8 Å². The Morgan fingerprint density at radius 1 is 0.957 bits per heavy atom. The Bertz CT molecular complexity index is 704. The summed E-state index contributed by atoms with van der Waals surface area (Å²) < 4.78 is 0. The molecule has 0 aromatic heterocycles. The molecule has 4 nitrogen and oxygen atoms in total. The van der Waals surface area contributed by atoms with Crippen LogP contribution < -0.4 is 10.6 Å². The van der Waals surface area contributed by atoms with Crippen molar-refractivity contribution in [3.63, 3.8) is 0 Å². The van der Waals surface area contributed by atoms with Gasteiger partial charge in [-0.2, -0.15) is 0 Å². The van der Waals surface area contributed by atoms with Gasteiger partial charge in [0, 0.05) is 18.3 Å². The Morgan fingerprint density at radius 2 is 1.61 bits per heavy atom. The highest BCUT2D eigenvalue weighted by molar-refractivity contribution is 6.04. The first-order chi connectivity index (χ1) is 11.2. The van der Waals surface area contributed by atoms with Gasteiger partial charge in [-0.05, 0) is 42.7 Å². The molecule has 1 saturated carbocycles. The number of carbonyl (C=O) groups excluding carboxylic acids is 2. The molecule has 0 atom stereocenters. The summed E-state index contributed by atoms with van der Waals surface area (Å²) in [6.07, 6.45) is 2.82. The van der Waals surface area contributed by atoms with Crippen LogP contribution in [-0.2, 0) is 10.2 Å². The lowest BCUT2D eigenvalue weighted by Crippen LogP contribution is -2.48. The van der Waals surface area contributed by atoms with Crippen LogP contribution in [0.1, 0.15) is 35.2 Å². The minimum absolute atomic E-state index is 0.0739. The van der Waals surface area contributed by atoms with E-state index in [0.717, 1.165) is 30.5 Å². The number of amides is 2. The Kier molecular flexibility index (Phi) is 4.15. The molecule has 1 aliphatic rings. The number of hydrogen-bond acceptors (Lipinski definition) is 2. The number of nitrogens with one attached hydrogen (secondary N) is 2. The second-order valence-corrected chi connectivity index (χ2v) is 5.91. The number of carbonyl (C=O) groups is 2. The van der Waals surface area contributed by atoms with Gasteiger partial charge < -0.3 is 10.6 Å². The third kappa shape index (κ3) is 2.84. The zero-order valence-corrected chi connectivity index (χ0v) is 13.1. The van der Waals surface area contributed by atoms with Crippen LogP contribution in [0.15, 0.2) is 54.6 Å². The molecule has 1 aliphatic carbocycles. The van der Waals surface area contributed by atoms with Gasteiger partial charge >= 0.3 is 0 Å². The third-order valence-corrected chi connectivity index (χ3v) is 4.60. The zero-order valence-electron chi connectivity index (χ0n) is 13.1. The quantitative estimate of drug-likeness (QED) is 0.912. The van der Waals surface area contributed by atoms with E-state index < -0.39 is 5.41 Å². The zero-order chi connectivity index (χ0) is 16.3. The van der Waals surface area contributed by atoms with E-state index >= 15 is 0 Å². The van der Waals surface area contributed by atoms with Gasteiger partial charge in [0.1, 0.15) is 0 Å². The predicted octanol–water partition coefficient (Wildman–Crippen LogP) is 3.11. The summed E-state index contributed by atoms with van der Waals surface area (Å²) in [7, 11) is 1.68. The molecule has 0 spiro atoms. The first-order valence-electron chi connectivity index (χ1n) is 7.85. The van der Waals surface area contributed by atoms with E-state index in [0.29, 0.717) is 5.56 Å². The maximum Gasteiger partial charge on any atom is 0.255 e. The molecular formula is C19H20N2O2. The highest BCUT2D eigenvalue weighted by Crippen LogP contribution is 2.44. The van der Waals surface area contributed by atoms with Crippen molar-refractivity contribution in [3.05, 3.63) is 65.7 Å². The van der Waals surface area contributed by atoms with Crippen molar-refractivity contribution in [3.8, 4) is 0 Å². The molecule has 23 heavy (non-hydrogen) atoms. The molecule has 0 saturated heterocycles. The van der Waals surface area contributed by atoms with Crippen molar-refractivity contribution in [1.29, 1.82) is 0 Å². The van der Waals surface area contributed by atoms with E-state index in [1.165, 1.54) is 0 Å². The van der Waals surface area contributed by atoms with Gasteiger partial charge in [-0.15, -0.1) is 0 Å². The fraction of sp³-hybridized carbons (Fsp3) is 0.263. The van der Waals surface area contributed by atoms with Gasteiger partial charge in [-0.3, -0.25) is 9.59 Å². The fourth-order valence-corrected chi connectivity index (χ4v) is 3.08. The molecule has 2 N–H and O–H groups in total. The topological polar surface area (TPSA) is 58.2 Å². The van der Waals surface area contributed by atoms with Crippen molar-refractivity contribution in [1.82, 2.24) is 5.32 Å². The van der Waals surface area contributed by atoms with Gasteiger partial charge in [-0.25, -0.2) is 0 Å². The third-order valence-electron chi connectivity index (χ3n) is 4.60. The monoisotopic (exact) mass is 308 g/mol. The molecule has 2 aromatic carbocycles. The molecule has 0 heterocycles. The van der Waals surface area contributed by atoms with Crippen LogP contribution in [0.25, 0.3) is 0 Å². The summed E-state index contributed by atoms with van der Waals surface area (Å²) in [5.74, 6) is -0.0622. The Balaban J connectivity index is 1.75. The van der Waals surface area contributed by atoms with Crippen LogP contribution in [0.4, 0.5) is 5.69 Å². The summed E-state index contributed by atoms with van der Waals surface area (Å²) in [6.45, 7) is 0. The second kappa shape index (κ2) is 6.24. The van der Waals surface area contributed by atoms with E-state index in [9.17, 15) is 9.59 Å². The van der Waals surface area contributed by atoms with E-state index in [1.54, 1.807) is 19.2 Å². The van der Waals surface area contributed by atoms with Crippen LogP contribution in [0.2, 0.25) is 0 Å². The molecule has 2 aromatic rings. The van der Waals surface area contributed by atoms with Crippen LogP contribution in [0.3, 0.4) is 0 Å². The maximum atomic E-state index is 12.2. The average Bonchev–Trinajstić information content (AvgIpc) is 2.56. The molecule has 0 aliphatic heterocycles. The van der Waals surface area contributed by atoms with Gasteiger partial charge in [0.05, 0.1) is 5.41 Å². The minimum atomic E-state index is -0.392. The molecule has 0 unspecified atom stereocenters. The van der Waals surface area contributed by atoms with Crippen LogP contribution >= 0.6 is 0 Å². The van der Waals surface area contributed by atoms with E-state index in [2.05, 4.69) is 10.6 Å². The lowest BCUT2D eigenvalue weighted by Gasteiger charge is -2.40. The standard InChI is InChI=1S/C19H20N2O2/c1-20-18(23)19(12-5-13-19)15-8-10-16(11-9-15)21-17(22)14-6-3-2-4-7-14/h2-4,6-11H,5,12-13H2,1H3,(H,20,23)(H,21,22). The van der Waals surface area contributed by atoms with E-state index in [-0.39, 0.29) is 11.8 Å². The lowest BCUT2D eigenvalue weighted by molar-refractivity contribution is -0.129.